The Morgan fingerprint density at radius 3 is 2.12 bits per heavy atom. The van der Waals surface area contributed by atoms with E-state index in [-0.39, 0.29) is 24.0 Å². The first-order valence-corrected chi connectivity index (χ1v) is 13.9. The highest BCUT2D eigenvalue weighted by Crippen LogP contribution is 2.44. The van der Waals surface area contributed by atoms with Gasteiger partial charge in [0, 0.05) is 60.3 Å². The molecule has 6 rings (SSSR count). The number of methoxy groups -OCH3 is 2. The molecule has 1 aliphatic heterocycles. The number of rotatable bonds is 11. The number of aromatic nitrogens is 2. The van der Waals surface area contributed by atoms with Crippen molar-refractivity contribution in [3.63, 3.8) is 0 Å². The fourth-order valence-electron chi connectivity index (χ4n) is 6.27. The molecule has 8 heteroatoms. The Kier molecular flexibility index (Phi) is 7.73. The fourth-order valence-corrected chi connectivity index (χ4v) is 6.27. The monoisotopic (exact) mass is 540 g/mol. The average Bonchev–Trinajstić information content (AvgIpc) is 3.73. The highest BCUT2D eigenvalue weighted by atomic mass is 16.7. The highest BCUT2D eigenvalue weighted by Gasteiger charge is 2.46. The lowest BCUT2D eigenvalue weighted by molar-refractivity contribution is -0.146. The Morgan fingerprint density at radius 2 is 1.55 bits per heavy atom. The molecule has 2 aliphatic rings. The van der Waals surface area contributed by atoms with E-state index in [2.05, 4.69) is 75.5 Å². The van der Waals surface area contributed by atoms with Crippen molar-refractivity contribution in [2.24, 2.45) is 11.8 Å². The number of esters is 1. The molecule has 1 aliphatic carbocycles. The van der Waals surface area contributed by atoms with Gasteiger partial charge in [0.2, 0.25) is 6.29 Å². The van der Waals surface area contributed by atoms with Crippen LogP contribution in [0.4, 0.5) is 0 Å². The number of ether oxygens (including phenoxy) is 3. The van der Waals surface area contributed by atoms with E-state index in [9.17, 15) is 4.79 Å². The second kappa shape index (κ2) is 11.7. The molecule has 0 bridgehead atoms. The molecule has 0 saturated heterocycles. The molecular formula is C32H36N4O4. The first kappa shape index (κ1) is 26.4. The number of fused-ring (bicyclic) bond motifs is 3. The molecule has 0 unspecified atom stereocenters. The number of benzene rings is 2. The molecule has 4 aromatic rings. The van der Waals surface area contributed by atoms with Gasteiger partial charge in [0.15, 0.2) is 0 Å². The summed E-state index contributed by atoms with van der Waals surface area (Å²) in [5.74, 6) is -0.500. The lowest BCUT2D eigenvalue weighted by Crippen LogP contribution is -2.49. The standard InChI is InChI=1S/C32H36N4O4/c1-38-31(37)26-19-40-32(39-2)29-24(26)11-12-25(29)30(33-15-13-20-17-35-27-9-5-3-7-22(20)27)34-16-14-21-18-36-28-10-6-4-8-23(21)28/h3-10,12,17-19,24,29-30,32-36H,11,13-16H2,1-2H3/t24-,29+,32-/m1/s1. The van der Waals surface area contributed by atoms with Gasteiger partial charge in [-0.25, -0.2) is 4.79 Å². The Bertz CT molecular complexity index is 1470. The lowest BCUT2D eigenvalue weighted by atomic mass is 9.82. The van der Waals surface area contributed by atoms with Gasteiger partial charge in [0.05, 0.1) is 31.0 Å². The smallest absolute Gasteiger partial charge is 0.337 e. The Hall–Kier alpha value is -3.85. The van der Waals surface area contributed by atoms with Crippen LogP contribution in [0.5, 0.6) is 0 Å². The van der Waals surface area contributed by atoms with E-state index in [1.807, 2.05) is 12.1 Å². The van der Waals surface area contributed by atoms with Crippen LogP contribution in [0.25, 0.3) is 21.8 Å². The Morgan fingerprint density at radius 1 is 0.950 bits per heavy atom. The van der Waals surface area contributed by atoms with Gasteiger partial charge < -0.3 is 24.2 Å². The number of hydrogen-bond acceptors (Lipinski definition) is 6. The third-order valence-corrected chi connectivity index (χ3v) is 8.27. The SMILES string of the molecule is COC(=O)C1=CO[C@@H](OC)[C@@H]2C(C(NCCc3c[nH]c4ccccc34)NCCc3c[nH]c4ccccc34)=CC[C@H]12. The zero-order valence-electron chi connectivity index (χ0n) is 22.9. The number of carbonyl (C=O) groups is 1. The third kappa shape index (κ3) is 5.06. The summed E-state index contributed by atoms with van der Waals surface area (Å²) >= 11 is 0. The van der Waals surface area contributed by atoms with Gasteiger partial charge in [0.1, 0.15) is 0 Å². The molecule has 8 nitrogen and oxygen atoms in total. The number of hydrogen-bond donors (Lipinski definition) is 4. The van der Waals surface area contributed by atoms with Crippen LogP contribution in [0.3, 0.4) is 0 Å². The first-order chi connectivity index (χ1) is 19.7. The summed E-state index contributed by atoms with van der Waals surface area (Å²) in [6.45, 7) is 1.55. The average molecular weight is 541 g/mol. The quantitative estimate of drug-likeness (QED) is 0.126. The molecule has 2 aromatic heterocycles. The molecule has 0 fully saturated rings. The minimum absolute atomic E-state index is 0.0468. The van der Waals surface area contributed by atoms with E-state index in [0.717, 1.165) is 49.0 Å². The van der Waals surface area contributed by atoms with Crippen LogP contribution in [0.2, 0.25) is 0 Å². The van der Waals surface area contributed by atoms with E-state index in [1.165, 1.54) is 35.3 Å². The summed E-state index contributed by atoms with van der Waals surface area (Å²) in [5.41, 5.74) is 6.58. The number of aromatic amines is 2. The fraction of sp³-hybridized carbons (Fsp3) is 0.344. The Labute approximate surface area is 233 Å². The zero-order valence-corrected chi connectivity index (χ0v) is 22.9. The molecule has 40 heavy (non-hydrogen) atoms. The van der Waals surface area contributed by atoms with Crippen LogP contribution < -0.4 is 10.6 Å². The molecule has 0 spiro atoms. The lowest BCUT2D eigenvalue weighted by Gasteiger charge is -2.36. The van der Waals surface area contributed by atoms with Crippen LogP contribution in [0, 0.1) is 11.8 Å². The second-order valence-corrected chi connectivity index (χ2v) is 10.4. The van der Waals surface area contributed by atoms with Gasteiger partial charge >= 0.3 is 5.97 Å². The molecule has 0 saturated carbocycles. The normalized spacial score (nSPS) is 20.4. The van der Waals surface area contributed by atoms with Gasteiger partial charge in [-0.3, -0.25) is 10.6 Å². The molecule has 2 aromatic carbocycles. The van der Waals surface area contributed by atoms with Gasteiger partial charge in [-0.15, -0.1) is 0 Å². The third-order valence-electron chi connectivity index (χ3n) is 8.27. The van der Waals surface area contributed by atoms with Gasteiger partial charge in [-0.2, -0.15) is 0 Å². The molecule has 3 heterocycles. The second-order valence-electron chi connectivity index (χ2n) is 10.4. The van der Waals surface area contributed by atoms with E-state index in [0.29, 0.717) is 5.57 Å². The number of para-hydroxylation sites is 2. The summed E-state index contributed by atoms with van der Waals surface area (Å²) < 4.78 is 16.7. The van der Waals surface area contributed by atoms with E-state index in [1.54, 1.807) is 7.11 Å². The van der Waals surface area contributed by atoms with Crippen molar-refractivity contribution in [1.29, 1.82) is 0 Å². The maximum atomic E-state index is 12.5. The van der Waals surface area contributed by atoms with E-state index >= 15 is 0 Å². The number of H-pyrrole nitrogens is 2. The number of carbonyl (C=O) groups excluding carboxylic acids is 1. The Balaban J connectivity index is 1.20. The molecule has 0 amide bonds. The van der Waals surface area contributed by atoms with Crippen LogP contribution in [0.15, 0.2) is 84.4 Å². The minimum atomic E-state index is -0.472. The van der Waals surface area contributed by atoms with Crippen molar-refractivity contribution < 1.29 is 19.0 Å². The zero-order chi connectivity index (χ0) is 27.5. The van der Waals surface area contributed by atoms with Crippen LogP contribution in [-0.2, 0) is 31.8 Å². The topological polar surface area (TPSA) is 100 Å². The largest absolute Gasteiger partial charge is 0.471 e. The summed E-state index contributed by atoms with van der Waals surface area (Å²) in [6, 6.07) is 16.8. The van der Waals surface area contributed by atoms with Crippen molar-refractivity contribution in [1.82, 2.24) is 20.6 Å². The van der Waals surface area contributed by atoms with Crippen LogP contribution >= 0.6 is 0 Å². The summed E-state index contributed by atoms with van der Waals surface area (Å²) in [4.78, 5) is 19.3. The van der Waals surface area contributed by atoms with Crippen molar-refractivity contribution in [2.75, 3.05) is 27.3 Å². The predicted octanol–water partition coefficient (Wildman–Crippen LogP) is 4.56. The molecule has 0 radical (unpaired) electrons. The van der Waals surface area contributed by atoms with Gasteiger partial charge in [-0.1, -0.05) is 42.5 Å². The maximum Gasteiger partial charge on any atom is 0.337 e. The minimum Gasteiger partial charge on any atom is -0.471 e. The summed E-state index contributed by atoms with van der Waals surface area (Å²) in [6.07, 6.45) is 9.85. The maximum absolute atomic E-state index is 12.5. The van der Waals surface area contributed by atoms with Gasteiger partial charge in [-0.05, 0) is 48.1 Å². The molecule has 3 atom stereocenters. The van der Waals surface area contributed by atoms with Crippen molar-refractivity contribution in [3.8, 4) is 0 Å². The summed E-state index contributed by atoms with van der Waals surface area (Å²) in [5, 5.41) is 10.0. The molecule has 4 N–H and O–H groups in total. The van der Waals surface area contributed by atoms with Crippen molar-refractivity contribution in [2.45, 2.75) is 31.7 Å². The number of allylic oxidation sites excluding steroid dienone is 1. The first-order valence-electron chi connectivity index (χ1n) is 13.9. The molecular weight excluding hydrogens is 504 g/mol. The van der Waals surface area contributed by atoms with E-state index < -0.39 is 6.29 Å². The molecule has 208 valence electrons. The van der Waals surface area contributed by atoms with Crippen LogP contribution in [0.1, 0.15) is 17.5 Å². The number of nitrogens with one attached hydrogen (secondary N) is 4. The van der Waals surface area contributed by atoms with Crippen molar-refractivity contribution >= 4 is 27.8 Å². The summed E-state index contributed by atoms with van der Waals surface area (Å²) in [7, 11) is 3.06. The van der Waals surface area contributed by atoms with E-state index in [4.69, 9.17) is 14.2 Å². The van der Waals surface area contributed by atoms with Crippen molar-refractivity contribution in [3.05, 3.63) is 95.5 Å². The predicted molar refractivity (Wildman–Crippen MR) is 155 cm³/mol. The van der Waals surface area contributed by atoms with Gasteiger partial charge in [0.25, 0.3) is 0 Å². The highest BCUT2D eigenvalue weighted by molar-refractivity contribution is 5.89. The van der Waals surface area contributed by atoms with Crippen LogP contribution in [-0.4, -0.2) is 55.7 Å².